The molecule has 1 aromatic carbocycles. The van der Waals surface area contributed by atoms with Crippen LogP contribution < -0.4 is 5.32 Å². The number of hydrogen-bond donors (Lipinski definition) is 1. The monoisotopic (exact) mass is 233 g/mol. The van der Waals surface area contributed by atoms with Crippen molar-refractivity contribution in [1.29, 1.82) is 0 Å². The maximum atomic E-state index is 3.58. The van der Waals surface area contributed by atoms with Crippen LogP contribution in [0.4, 0.5) is 0 Å². The van der Waals surface area contributed by atoms with Gasteiger partial charge in [0.15, 0.2) is 0 Å². The van der Waals surface area contributed by atoms with Gasteiger partial charge in [-0.3, -0.25) is 0 Å². The van der Waals surface area contributed by atoms with Gasteiger partial charge in [0, 0.05) is 6.54 Å². The Labute approximate surface area is 107 Å². The van der Waals surface area contributed by atoms with Crippen LogP contribution in [0.5, 0.6) is 0 Å². The fourth-order valence-electron chi connectivity index (χ4n) is 2.15. The van der Waals surface area contributed by atoms with Crippen molar-refractivity contribution in [2.24, 2.45) is 5.92 Å². The molecule has 17 heavy (non-hydrogen) atoms. The van der Waals surface area contributed by atoms with E-state index in [4.69, 9.17) is 0 Å². The maximum absolute atomic E-state index is 3.58. The van der Waals surface area contributed by atoms with E-state index in [0.29, 0.717) is 0 Å². The highest BCUT2D eigenvalue weighted by atomic mass is 14.9. The van der Waals surface area contributed by atoms with E-state index in [1.165, 1.54) is 37.7 Å². The predicted octanol–water partition coefficient (Wildman–Crippen LogP) is 4.38. The molecular formula is C16H27N. The molecule has 0 bridgehead atoms. The summed E-state index contributed by atoms with van der Waals surface area (Å²) < 4.78 is 0. The number of nitrogens with one attached hydrogen (secondary N) is 1. The van der Waals surface area contributed by atoms with Crippen LogP contribution in [0.25, 0.3) is 0 Å². The Morgan fingerprint density at radius 2 is 1.82 bits per heavy atom. The highest BCUT2D eigenvalue weighted by Crippen LogP contribution is 2.12. The average molecular weight is 233 g/mol. The van der Waals surface area contributed by atoms with E-state index < -0.39 is 0 Å². The molecule has 1 N–H and O–H groups in total. The molecule has 0 radical (unpaired) electrons. The Hall–Kier alpha value is -0.820. The van der Waals surface area contributed by atoms with Crippen molar-refractivity contribution < 1.29 is 0 Å². The molecule has 0 saturated carbocycles. The molecule has 0 aliphatic rings. The molecule has 0 spiro atoms. The second kappa shape index (κ2) is 9.23. The lowest BCUT2D eigenvalue weighted by atomic mass is 9.98. The zero-order chi connectivity index (χ0) is 12.3. The van der Waals surface area contributed by atoms with Gasteiger partial charge < -0.3 is 5.32 Å². The molecule has 0 heterocycles. The van der Waals surface area contributed by atoms with Crippen LogP contribution in [0, 0.1) is 5.92 Å². The van der Waals surface area contributed by atoms with E-state index in [2.05, 4.69) is 49.5 Å². The summed E-state index contributed by atoms with van der Waals surface area (Å²) in [5.41, 5.74) is 1.39. The predicted molar refractivity (Wildman–Crippen MR) is 76.1 cm³/mol. The summed E-state index contributed by atoms with van der Waals surface area (Å²) in [7, 11) is 0. The Morgan fingerprint density at radius 3 is 2.47 bits per heavy atom. The van der Waals surface area contributed by atoms with Gasteiger partial charge in [0.2, 0.25) is 0 Å². The third-order valence-corrected chi connectivity index (χ3v) is 3.40. The summed E-state index contributed by atoms with van der Waals surface area (Å²) in [6.45, 7) is 6.75. The highest BCUT2D eigenvalue weighted by molar-refractivity contribution is 5.14. The molecule has 1 rings (SSSR count). The molecular weight excluding hydrogens is 206 g/mol. The molecule has 1 aromatic rings. The fourth-order valence-corrected chi connectivity index (χ4v) is 2.15. The molecule has 0 fully saturated rings. The Kier molecular flexibility index (Phi) is 7.74. The van der Waals surface area contributed by atoms with Crippen LogP contribution in [-0.4, -0.2) is 6.54 Å². The van der Waals surface area contributed by atoms with E-state index in [9.17, 15) is 0 Å². The van der Waals surface area contributed by atoms with E-state index in [0.717, 1.165) is 19.0 Å². The number of unbranched alkanes of at least 4 members (excludes halogenated alkanes) is 2. The smallest absolute Gasteiger partial charge is 0.0205 e. The average Bonchev–Trinajstić information content (AvgIpc) is 2.38. The van der Waals surface area contributed by atoms with Crippen molar-refractivity contribution in [1.82, 2.24) is 5.32 Å². The van der Waals surface area contributed by atoms with Crippen LogP contribution in [0.15, 0.2) is 30.3 Å². The molecule has 1 unspecified atom stereocenters. The van der Waals surface area contributed by atoms with Gasteiger partial charge in [-0.05, 0) is 24.4 Å². The largest absolute Gasteiger partial charge is 0.312 e. The van der Waals surface area contributed by atoms with Crippen molar-refractivity contribution in [3.63, 3.8) is 0 Å². The van der Waals surface area contributed by atoms with Gasteiger partial charge in [-0.15, -0.1) is 0 Å². The van der Waals surface area contributed by atoms with Gasteiger partial charge >= 0.3 is 0 Å². The number of hydrogen-bond acceptors (Lipinski definition) is 1. The second-order valence-corrected chi connectivity index (χ2v) is 4.89. The number of benzene rings is 1. The molecule has 0 amide bonds. The Morgan fingerprint density at radius 1 is 1.06 bits per heavy atom. The van der Waals surface area contributed by atoms with Crippen molar-refractivity contribution in [3.05, 3.63) is 35.9 Å². The standard InChI is InChI=1S/C16H27N/c1-3-5-7-10-15(4-2)13-17-14-16-11-8-6-9-12-16/h6,8-9,11-12,15,17H,3-5,7,10,13-14H2,1-2H3. The van der Waals surface area contributed by atoms with Crippen LogP contribution in [0.1, 0.15) is 51.5 Å². The molecule has 96 valence electrons. The minimum Gasteiger partial charge on any atom is -0.312 e. The van der Waals surface area contributed by atoms with Gasteiger partial charge in [0.1, 0.15) is 0 Å². The topological polar surface area (TPSA) is 12.0 Å². The summed E-state index contributed by atoms with van der Waals surface area (Å²) in [5, 5.41) is 3.58. The van der Waals surface area contributed by atoms with Crippen molar-refractivity contribution >= 4 is 0 Å². The van der Waals surface area contributed by atoms with Crippen LogP contribution in [0.2, 0.25) is 0 Å². The van der Waals surface area contributed by atoms with Gasteiger partial charge in [0.25, 0.3) is 0 Å². The lowest BCUT2D eigenvalue weighted by Gasteiger charge is -2.15. The first-order chi connectivity index (χ1) is 8.36. The van der Waals surface area contributed by atoms with Crippen LogP contribution in [0.3, 0.4) is 0 Å². The summed E-state index contributed by atoms with van der Waals surface area (Å²) in [5.74, 6) is 0.852. The normalized spacial score (nSPS) is 12.6. The minimum absolute atomic E-state index is 0.852. The quantitative estimate of drug-likeness (QED) is 0.624. The number of rotatable bonds is 9. The molecule has 1 atom stereocenters. The van der Waals surface area contributed by atoms with Crippen molar-refractivity contribution in [2.45, 2.75) is 52.5 Å². The first-order valence-corrected chi connectivity index (χ1v) is 7.11. The molecule has 0 aliphatic carbocycles. The SMILES string of the molecule is CCCCCC(CC)CNCc1ccccc1. The van der Waals surface area contributed by atoms with E-state index in [1.807, 2.05) is 0 Å². The van der Waals surface area contributed by atoms with E-state index in [1.54, 1.807) is 0 Å². The Bertz CT molecular complexity index is 268. The zero-order valence-electron chi connectivity index (χ0n) is 11.4. The second-order valence-electron chi connectivity index (χ2n) is 4.89. The Balaban J connectivity index is 2.15. The van der Waals surface area contributed by atoms with Gasteiger partial charge in [-0.1, -0.05) is 69.9 Å². The summed E-state index contributed by atoms with van der Waals surface area (Å²) >= 11 is 0. The summed E-state index contributed by atoms with van der Waals surface area (Å²) in [6.07, 6.45) is 6.78. The van der Waals surface area contributed by atoms with Crippen molar-refractivity contribution in [2.75, 3.05) is 6.54 Å². The summed E-state index contributed by atoms with van der Waals surface area (Å²) in [4.78, 5) is 0. The zero-order valence-corrected chi connectivity index (χ0v) is 11.4. The lowest BCUT2D eigenvalue weighted by Crippen LogP contribution is -2.22. The maximum Gasteiger partial charge on any atom is 0.0205 e. The molecule has 0 saturated heterocycles. The first-order valence-electron chi connectivity index (χ1n) is 7.11. The first kappa shape index (κ1) is 14.2. The third-order valence-electron chi connectivity index (χ3n) is 3.40. The van der Waals surface area contributed by atoms with Crippen LogP contribution in [-0.2, 0) is 6.54 Å². The third kappa shape index (κ3) is 6.48. The minimum atomic E-state index is 0.852. The highest BCUT2D eigenvalue weighted by Gasteiger charge is 2.05. The molecule has 0 aromatic heterocycles. The van der Waals surface area contributed by atoms with Gasteiger partial charge in [-0.25, -0.2) is 0 Å². The fraction of sp³-hybridized carbons (Fsp3) is 0.625. The van der Waals surface area contributed by atoms with E-state index >= 15 is 0 Å². The van der Waals surface area contributed by atoms with Crippen molar-refractivity contribution in [3.8, 4) is 0 Å². The van der Waals surface area contributed by atoms with Gasteiger partial charge in [-0.2, -0.15) is 0 Å². The lowest BCUT2D eigenvalue weighted by molar-refractivity contribution is 0.414. The molecule has 1 heteroatoms. The van der Waals surface area contributed by atoms with E-state index in [-0.39, 0.29) is 0 Å². The molecule has 0 aliphatic heterocycles. The molecule has 1 nitrogen and oxygen atoms in total. The van der Waals surface area contributed by atoms with Gasteiger partial charge in [0.05, 0.1) is 0 Å². The summed E-state index contributed by atoms with van der Waals surface area (Å²) in [6, 6.07) is 10.7. The van der Waals surface area contributed by atoms with Crippen LogP contribution >= 0.6 is 0 Å².